The van der Waals surface area contributed by atoms with Crippen LogP contribution in [-0.4, -0.2) is 54.5 Å². The number of rotatable bonds is 6. The lowest BCUT2D eigenvalue weighted by Crippen LogP contribution is -2.33. The number of nitrogens with zero attached hydrogens (tertiary/aromatic N) is 2. The molecule has 1 aromatic rings. The normalized spacial score (nSPS) is 10.8. The molecule has 5 heteroatoms. The van der Waals surface area contributed by atoms with Gasteiger partial charge in [-0.15, -0.1) is 0 Å². The van der Waals surface area contributed by atoms with Gasteiger partial charge in [-0.3, -0.25) is 4.79 Å². The van der Waals surface area contributed by atoms with Crippen molar-refractivity contribution in [3.63, 3.8) is 0 Å². The summed E-state index contributed by atoms with van der Waals surface area (Å²) in [4.78, 5) is 15.8. The van der Waals surface area contributed by atoms with E-state index < -0.39 is 5.82 Å². The predicted molar refractivity (Wildman–Crippen MR) is 72.8 cm³/mol. The van der Waals surface area contributed by atoms with Crippen LogP contribution in [0.1, 0.15) is 23.7 Å². The second kappa shape index (κ2) is 7.09. The van der Waals surface area contributed by atoms with Crippen molar-refractivity contribution in [1.29, 1.82) is 0 Å². The topological polar surface area (TPSA) is 43.8 Å². The molecular formula is C14H21FN2O2. The summed E-state index contributed by atoms with van der Waals surface area (Å²) in [6, 6.07) is 3.60. The minimum absolute atomic E-state index is 0.00417. The van der Waals surface area contributed by atoms with Crippen molar-refractivity contribution < 1.29 is 14.3 Å². The third-order valence-corrected chi connectivity index (χ3v) is 2.89. The fraction of sp³-hybridized carbons (Fsp3) is 0.500. The number of phenols is 1. The lowest BCUT2D eigenvalue weighted by atomic mass is 10.1. The van der Waals surface area contributed by atoms with Crippen LogP contribution in [0.15, 0.2) is 18.2 Å². The van der Waals surface area contributed by atoms with Crippen LogP contribution in [0.4, 0.5) is 4.39 Å². The van der Waals surface area contributed by atoms with Gasteiger partial charge in [0, 0.05) is 19.2 Å². The zero-order chi connectivity index (χ0) is 14.4. The Bertz CT molecular complexity index is 435. The van der Waals surface area contributed by atoms with Gasteiger partial charge in [0.1, 0.15) is 11.6 Å². The third kappa shape index (κ3) is 4.52. The Labute approximate surface area is 113 Å². The summed E-state index contributed by atoms with van der Waals surface area (Å²) in [5, 5.41) is 9.15. The molecule has 1 aromatic carbocycles. The van der Waals surface area contributed by atoms with E-state index in [1.54, 1.807) is 4.90 Å². The molecule has 4 nitrogen and oxygen atoms in total. The number of halogens is 1. The molecule has 0 fully saturated rings. The summed E-state index contributed by atoms with van der Waals surface area (Å²) in [5.41, 5.74) is 0.00417. The van der Waals surface area contributed by atoms with E-state index in [9.17, 15) is 9.18 Å². The van der Waals surface area contributed by atoms with Crippen LogP contribution in [0.2, 0.25) is 0 Å². The molecule has 0 bridgehead atoms. The molecule has 0 aliphatic carbocycles. The highest BCUT2D eigenvalue weighted by molar-refractivity contribution is 5.94. The van der Waals surface area contributed by atoms with Crippen molar-refractivity contribution >= 4 is 5.91 Å². The molecular weight excluding hydrogens is 247 g/mol. The first kappa shape index (κ1) is 15.4. The van der Waals surface area contributed by atoms with Crippen molar-refractivity contribution in [3.8, 4) is 5.75 Å². The average molecular weight is 268 g/mol. The van der Waals surface area contributed by atoms with Crippen molar-refractivity contribution in [2.75, 3.05) is 33.7 Å². The molecule has 0 atom stereocenters. The number of hydrogen-bond acceptors (Lipinski definition) is 3. The Balaban J connectivity index is 2.72. The summed E-state index contributed by atoms with van der Waals surface area (Å²) in [6.45, 7) is 3.87. The number of amides is 1. The van der Waals surface area contributed by atoms with Gasteiger partial charge in [-0.05, 0) is 46.1 Å². The van der Waals surface area contributed by atoms with Crippen molar-refractivity contribution in [3.05, 3.63) is 29.6 Å². The molecule has 0 spiro atoms. The Morgan fingerprint density at radius 3 is 2.53 bits per heavy atom. The number of hydrogen-bond donors (Lipinski definition) is 1. The minimum Gasteiger partial charge on any atom is -0.508 e. The van der Waals surface area contributed by atoms with E-state index in [2.05, 4.69) is 0 Å². The van der Waals surface area contributed by atoms with Crippen LogP contribution in [-0.2, 0) is 0 Å². The fourth-order valence-corrected chi connectivity index (χ4v) is 1.83. The maximum Gasteiger partial charge on any atom is 0.256 e. The van der Waals surface area contributed by atoms with Crippen LogP contribution in [0, 0.1) is 5.82 Å². The van der Waals surface area contributed by atoms with Crippen LogP contribution >= 0.6 is 0 Å². The Morgan fingerprint density at radius 1 is 1.32 bits per heavy atom. The summed E-state index contributed by atoms with van der Waals surface area (Å²) in [6.07, 6.45) is 0.840. The zero-order valence-electron chi connectivity index (χ0n) is 11.7. The van der Waals surface area contributed by atoms with Crippen molar-refractivity contribution in [2.45, 2.75) is 13.3 Å². The number of carbonyl (C=O) groups excluding carboxylic acids is 1. The predicted octanol–water partition coefficient (Wildman–Crippen LogP) is 1.95. The largest absolute Gasteiger partial charge is 0.508 e. The molecule has 1 N–H and O–H groups in total. The third-order valence-electron chi connectivity index (χ3n) is 2.89. The molecule has 106 valence electrons. The van der Waals surface area contributed by atoms with Crippen LogP contribution < -0.4 is 0 Å². The Hall–Kier alpha value is -1.62. The highest BCUT2D eigenvalue weighted by Gasteiger charge is 2.18. The summed E-state index contributed by atoms with van der Waals surface area (Å²) in [7, 11) is 3.94. The lowest BCUT2D eigenvalue weighted by molar-refractivity contribution is 0.0754. The van der Waals surface area contributed by atoms with Gasteiger partial charge in [0.05, 0.1) is 5.56 Å². The standard InChI is InChI=1S/C14H21FN2O2/c1-4-17(9-5-8-16(2)3)14(19)12-7-6-11(18)10-13(12)15/h6-7,10,18H,4-5,8-9H2,1-3H3. The monoisotopic (exact) mass is 268 g/mol. The van der Waals surface area contributed by atoms with Gasteiger partial charge in [0.25, 0.3) is 5.91 Å². The fourth-order valence-electron chi connectivity index (χ4n) is 1.83. The first-order chi connectivity index (χ1) is 8.95. The van der Waals surface area contributed by atoms with E-state index in [1.807, 2.05) is 25.9 Å². The zero-order valence-corrected chi connectivity index (χ0v) is 11.7. The molecule has 0 aromatic heterocycles. The molecule has 1 rings (SSSR count). The van der Waals surface area contributed by atoms with E-state index in [0.717, 1.165) is 19.0 Å². The van der Waals surface area contributed by atoms with Crippen molar-refractivity contribution in [1.82, 2.24) is 9.80 Å². The first-order valence-corrected chi connectivity index (χ1v) is 6.38. The molecule has 0 unspecified atom stereocenters. The summed E-state index contributed by atoms with van der Waals surface area (Å²) >= 11 is 0. The molecule has 19 heavy (non-hydrogen) atoms. The highest BCUT2D eigenvalue weighted by atomic mass is 19.1. The smallest absolute Gasteiger partial charge is 0.256 e. The van der Waals surface area contributed by atoms with Gasteiger partial charge >= 0.3 is 0 Å². The van der Waals surface area contributed by atoms with Crippen LogP contribution in [0.25, 0.3) is 0 Å². The number of aromatic hydroxyl groups is 1. The molecule has 0 saturated carbocycles. The Morgan fingerprint density at radius 2 is 2.00 bits per heavy atom. The summed E-state index contributed by atoms with van der Waals surface area (Å²) < 4.78 is 13.6. The number of phenolic OH excluding ortho intramolecular Hbond substituents is 1. The Kier molecular flexibility index (Phi) is 5.76. The lowest BCUT2D eigenvalue weighted by Gasteiger charge is -2.22. The highest BCUT2D eigenvalue weighted by Crippen LogP contribution is 2.16. The molecule has 0 aliphatic rings. The van der Waals surface area contributed by atoms with Gasteiger partial charge in [0.2, 0.25) is 0 Å². The van der Waals surface area contributed by atoms with Gasteiger partial charge in [-0.25, -0.2) is 4.39 Å². The van der Waals surface area contributed by atoms with Gasteiger partial charge in [0.15, 0.2) is 0 Å². The van der Waals surface area contributed by atoms with E-state index >= 15 is 0 Å². The average Bonchev–Trinajstić information content (AvgIpc) is 2.33. The maximum absolute atomic E-state index is 13.6. The van der Waals surface area contributed by atoms with Crippen LogP contribution in [0.3, 0.4) is 0 Å². The quantitative estimate of drug-likeness (QED) is 0.857. The minimum atomic E-state index is -0.684. The number of carbonyl (C=O) groups is 1. The van der Waals surface area contributed by atoms with Gasteiger partial charge in [-0.1, -0.05) is 0 Å². The second-order valence-electron chi connectivity index (χ2n) is 4.71. The molecule has 0 aliphatic heterocycles. The SMILES string of the molecule is CCN(CCCN(C)C)C(=O)c1ccc(O)cc1F. The van der Waals surface area contributed by atoms with E-state index in [-0.39, 0.29) is 17.2 Å². The molecule has 0 saturated heterocycles. The van der Waals surface area contributed by atoms with Gasteiger partial charge < -0.3 is 14.9 Å². The van der Waals surface area contributed by atoms with E-state index in [4.69, 9.17) is 5.11 Å². The molecule has 0 radical (unpaired) electrons. The number of benzene rings is 1. The second-order valence-corrected chi connectivity index (χ2v) is 4.71. The first-order valence-electron chi connectivity index (χ1n) is 6.38. The summed E-state index contributed by atoms with van der Waals surface area (Å²) in [5.74, 6) is -1.19. The van der Waals surface area contributed by atoms with E-state index in [1.165, 1.54) is 12.1 Å². The molecule has 1 amide bonds. The van der Waals surface area contributed by atoms with Gasteiger partial charge in [-0.2, -0.15) is 0 Å². The van der Waals surface area contributed by atoms with E-state index in [0.29, 0.717) is 13.1 Å². The molecule has 0 heterocycles. The van der Waals surface area contributed by atoms with Crippen molar-refractivity contribution in [2.24, 2.45) is 0 Å². The maximum atomic E-state index is 13.6. The van der Waals surface area contributed by atoms with Crippen LogP contribution in [0.5, 0.6) is 5.75 Å².